The molecule has 0 fully saturated rings. The molecule has 0 atom stereocenters. The van der Waals surface area contributed by atoms with Gasteiger partial charge in [-0.25, -0.2) is 8.42 Å². The molecule has 1 aliphatic carbocycles. The predicted octanol–water partition coefficient (Wildman–Crippen LogP) is 7.20. The number of nitrogens with one attached hydrogen (secondary N) is 2. The van der Waals surface area contributed by atoms with E-state index >= 15 is 0 Å². The normalized spacial score (nSPS) is 16.2. The molecule has 1 aliphatic heterocycles. The van der Waals surface area contributed by atoms with Crippen LogP contribution in [0, 0.1) is 0 Å². The molecule has 0 radical (unpaired) electrons. The van der Waals surface area contributed by atoms with Gasteiger partial charge in [0, 0.05) is 28.9 Å². The smallest absolute Gasteiger partial charge is 0.416 e. The minimum Gasteiger partial charge on any atom is -0.461 e. The lowest BCUT2D eigenvalue weighted by atomic mass is 9.92. The number of benzene rings is 2. The van der Waals surface area contributed by atoms with Crippen LogP contribution in [0.3, 0.4) is 0 Å². The lowest BCUT2D eigenvalue weighted by Crippen LogP contribution is -2.13. The number of aryl methyl sites for hydroxylation is 1. The predicted molar refractivity (Wildman–Crippen MR) is 144 cm³/mol. The van der Waals surface area contributed by atoms with Crippen molar-refractivity contribution in [3.63, 3.8) is 0 Å². The van der Waals surface area contributed by atoms with Gasteiger partial charge in [0.05, 0.1) is 16.0 Å². The molecule has 1 aromatic heterocycles. The molecule has 0 saturated heterocycles. The number of halogens is 3. The molecule has 2 N–H and O–H groups in total. The van der Waals surface area contributed by atoms with Crippen LogP contribution in [0.4, 0.5) is 24.5 Å². The Morgan fingerprint density at radius 3 is 2.51 bits per heavy atom. The fourth-order valence-electron chi connectivity index (χ4n) is 5.14. The van der Waals surface area contributed by atoms with E-state index in [0.29, 0.717) is 22.6 Å². The molecule has 39 heavy (non-hydrogen) atoms. The van der Waals surface area contributed by atoms with Crippen LogP contribution in [0.2, 0.25) is 0 Å². The van der Waals surface area contributed by atoms with Crippen molar-refractivity contribution in [3.05, 3.63) is 76.2 Å². The zero-order valence-electron chi connectivity index (χ0n) is 21.5. The van der Waals surface area contributed by atoms with Crippen molar-refractivity contribution in [2.75, 3.05) is 10.0 Å². The Morgan fingerprint density at radius 2 is 1.79 bits per heavy atom. The number of sulfonamides is 1. The molecule has 2 aromatic carbocycles. The van der Waals surface area contributed by atoms with Crippen LogP contribution in [-0.4, -0.2) is 14.3 Å². The first-order chi connectivity index (χ1) is 18.6. The van der Waals surface area contributed by atoms with Crippen LogP contribution in [0.1, 0.15) is 72.8 Å². The maximum absolute atomic E-state index is 13.1. The van der Waals surface area contributed by atoms with Crippen molar-refractivity contribution in [3.8, 4) is 0 Å². The van der Waals surface area contributed by atoms with Gasteiger partial charge in [-0.1, -0.05) is 19.8 Å². The van der Waals surface area contributed by atoms with E-state index in [9.17, 15) is 26.4 Å². The van der Waals surface area contributed by atoms with E-state index < -0.39 is 21.8 Å². The highest BCUT2D eigenvalue weighted by Gasteiger charge is 2.31. The third kappa shape index (κ3) is 5.61. The van der Waals surface area contributed by atoms with Crippen molar-refractivity contribution < 1.29 is 30.8 Å². The Hall–Kier alpha value is -3.53. The Morgan fingerprint density at radius 1 is 1.05 bits per heavy atom. The van der Waals surface area contributed by atoms with Crippen LogP contribution in [0.5, 0.6) is 0 Å². The van der Waals surface area contributed by atoms with Gasteiger partial charge in [-0.15, -0.1) is 0 Å². The van der Waals surface area contributed by atoms with Crippen LogP contribution >= 0.6 is 0 Å². The van der Waals surface area contributed by atoms with Crippen LogP contribution in [0.15, 0.2) is 51.8 Å². The molecule has 0 spiro atoms. The van der Waals surface area contributed by atoms with Crippen LogP contribution in [-0.2, 0) is 40.3 Å². The molecule has 2 aliphatic rings. The third-order valence-corrected chi connectivity index (χ3v) is 8.55. The van der Waals surface area contributed by atoms with Crippen LogP contribution in [0.25, 0.3) is 11.6 Å². The zero-order chi connectivity index (χ0) is 27.8. The SMILES string of the molecule is CCCCCc1c(C=C2C(=O)Nc3ccc(S(=O)(=O)Nc4ccc(C(F)(F)F)cc4)cc32)oc2c1CCCC2. The molecule has 0 saturated carbocycles. The largest absolute Gasteiger partial charge is 0.461 e. The average molecular weight is 559 g/mol. The summed E-state index contributed by atoms with van der Waals surface area (Å²) in [5.74, 6) is 1.26. The minimum atomic E-state index is -4.53. The molecule has 0 unspecified atom stereocenters. The fraction of sp³-hybridized carbons (Fsp3) is 0.345. The van der Waals surface area contributed by atoms with Gasteiger partial charge in [-0.3, -0.25) is 9.52 Å². The second-order valence-electron chi connectivity index (χ2n) is 9.91. The number of hydrogen-bond acceptors (Lipinski definition) is 4. The maximum Gasteiger partial charge on any atom is 0.416 e. The molecule has 3 aromatic rings. The molecule has 2 heterocycles. The fourth-order valence-corrected chi connectivity index (χ4v) is 6.23. The van der Waals surface area contributed by atoms with E-state index in [0.717, 1.165) is 87.0 Å². The summed E-state index contributed by atoms with van der Waals surface area (Å²) in [6.45, 7) is 2.14. The van der Waals surface area contributed by atoms with Gasteiger partial charge in [-0.2, -0.15) is 13.2 Å². The van der Waals surface area contributed by atoms with Gasteiger partial charge in [0.2, 0.25) is 0 Å². The van der Waals surface area contributed by atoms with E-state index in [4.69, 9.17) is 4.42 Å². The highest BCUT2D eigenvalue weighted by atomic mass is 32.2. The number of furan rings is 1. The number of rotatable bonds is 8. The van der Waals surface area contributed by atoms with E-state index in [1.165, 1.54) is 23.8 Å². The van der Waals surface area contributed by atoms with Gasteiger partial charge in [0.25, 0.3) is 15.9 Å². The molecule has 6 nitrogen and oxygen atoms in total. The Balaban J connectivity index is 1.47. The Labute approximate surface area is 225 Å². The van der Waals surface area contributed by atoms with Gasteiger partial charge < -0.3 is 9.73 Å². The van der Waals surface area contributed by atoms with Gasteiger partial charge >= 0.3 is 6.18 Å². The van der Waals surface area contributed by atoms with Gasteiger partial charge in [-0.05, 0) is 86.2 Å². The number of hydrogen-bond donors (Lipinski definition) is 2. The quantitative estimate of drug-likeness (QED) is 0.226. The molecule has 1 amide bonds. The first kappa shape index (κ1) is 27.1. The van der Waals surface area contributed by atoms with Crippen molar-refractivity contribution in [1.82, 2.24) is 0 Å². The van der Waals surface area contributed by atoms with E-state index in [1.54, 1.807) is 6.08 Å². The van der Waals surface area contributed by atoms with Gasteiger partial charge in [0.15, 0.2) is 0 Å². The van der Waals surface area contributed by atoms with Crippen molar-refractivity contribution in [1.29, 1.82) is 0 Å². The first-order valence-electron chi connectivity index (χ1n) is 13.1. The lowest BCUT2D eigenvalue weighted by Gasteiger charge is -2.11. The number of carbonyl (C=O) groups excluding carboxylic acids is 1. The summed E-state index contributed by atoms with van der Waals surface area (Å²) in [6, 6.07) is 7.98. The Bertz CT molecular complexity index is 1540. The standard InChI is InChI=1S/C29H29F3N2O4S/c1-2-3-4-7-22-21-8-5-6-9-26(21)38-27(22)17-24-23-16-20(14-15-25(23)33-28(24)35)39(36,37)34-19-12-10-18(11-13-19)29(30,31)32/h10-17,34H,2-9H2,1H3,(H,33,35). The Kier molecular flexibility index (Phi) is 7.33. The van der Waals surface area contributed by atoms with Crippen molar-refractivity contribution >= 4 is 39.0 Å². The molecule has 5 rings (SSSR count). The molecular weight excluding hydrogens is 529 g/mol. The number of fused-ring (bicyclic) bond motifs is 2. The highest BCUT2D eigenvalue weighted by Crippen LogP contribution is 2.38. The van der Waals surface area contributed by atoms with Crippen molar-refractivity contribution in [2.45, 2.75) is 69.4 Å². The summed E-state index contributed by atoms with van der Waals surface area (Å²) in [5, 5.41) is 2.78. The van der Waals surface area contributed by atoms with Crippen molar-refractivity contribution in [2.24, 2.45) is 0 Å². The second-order valence-corrected chi connectivity index (χ2v) is 11.6. The van der Waals surface area contributed by atoms with Gasteiger partial charge in [0.1, 0.15) is 11.5 Å². The number of anilines is 2. The monoisotopic (exact) mass is 558 g/mol. The van der Waals surface area contributed by atoms with Crippen LogP contribution < -0.4 is 10.0 Å². The summed E-state index contributed by atoms with van der Waals surface area (Å²) >= 11 is 0. The lowest BCUT2D eigenvalue weighted by molar-refractivity contribution is -0.137. The summed E-state index contributed by atoms with van der Waals surface area (Å²) in [7, 11) is -4.14. The van der Waals surface area contributed by atoms with E-state index in [2.05, 4.69) is 17.0 Å². The number of carbonyl (C=O) groups is 1. The topological polar surface area (TPSA) is 88.4 Å². The number of unbranched alkanes of at least 4 members (excludes halogenated alkanes) is 2. The molecule has 206 valence electrons. The highest BCUT2D eigenvalue weighted by molar-refractivity contribution is 7.92. The molecule has 10 heteroatoms. The van der Waals surface area contributed by atoms with E-state index in [-0.39, 0.29) is 16.5 Å². The maximum atomic E-state index is 13.1. The summed E-state index contributed by atoms with van der Waals surface area (Å²) in [4.78, 5) is 12.8. The average Bonchev–Trinajstić information content (AvgIpc) is 3.40. The summed E-state index contributed by atoms with van der Waals surface area (Å²) in [6.07, 6.45) is 5.19. The molecular formula is C29H29F3N2O4S. The summed E-state index contributed by atoms with van der Waals surface area (Å²) in [5.41, 5.74) is 2.68. The zero-order valence-corrected chi connectivity index (χ0v) is 22.3. The minimum absolute atomic E-state index is 0.00801. The second kappa shape index (κ2) is 10.6. The number of amides is 1. The van der Waals surface area contributed by atoms with E-state index in [1.807, 2.05) is 0 Å². The molecule has 0 bridgehead atoms. The first-order valence-corrected chi connectivity index (χ1v) is 14.6. The summed E-state index contributed by atoms with van der Waals surface area (Å²) < 4.78 is 73.3. The third-order valence-electron chi connectivity index (χ3n) is 7.17. The number of alkyl halides is 3.